The number of alkyl halides is 3. The number of aromatic amines is 1. The lowest BCUT2D eigenvalue weighted by molar-refractivity contribution is -0.275. The third-order valence-electron chi connectivity index (χ3n) is 6.47. The molecule has 0 amide bonds. The molecule has 5 nitrogen and oxygen atoms in total. The predicted molar refractivity (Wildman–Crippen MR) is 118 cm³/mol. The monoisotopic (exact) mass is 447 g/mol. The summed E-state index contributed by atoms with van der Waals surface area (Å²) in [6, 6.07) is 7.22. The van der Waals surface area contributed by atoms with Crippen LogP contribution in [0.15, 0.2) is 36.5 Å². The number of methoxy groups -OCH3 is 1. The van der Waals surface area contributed by atoms with E-state index < -0.39 is 29.7 Å². The molecule has 0 saturated heterocycles. The molecule has 1 aliphatic rings. The van der Waals surface area contributed by atoms with E-state index in [0.717, 1.165) is 16.5 Å². The fraction of sp³-hybridized carbons (Fsp3) is 0.458. The van der Waals surface area contributed by atoms with Gasteiger partial charge >= 0.3 is 6.18 Å². The second kappa shape index (κ2) is 7.40. The van der Waals surface area contributed by atoms with Crippen molar-refractivity contribution in [1.29, 1.82) is 0 Å². The van der Waals surface area contributed by atoms with Crippen molar-refractivity contribution in [2.75, 3.05) is 12.4 Å². The maximum atomic E-state index is 14.4. The third kappa shape index (κ3) is 3.41. The Labute approximate surface area is 185 Å². The number of fused-ring (bicyclic) bond motifs is 2. The predicted octanol–water partition coefficient (Wildman–Crippen LogP) is 5.82. The standard InChI is InChI=1S/C24H28F3N3O2/c1-13(2)16-7-8-17-19(20(16)32-5)22(3,4)12-23(31,24(25,26)27)21(17)29-15-6-9-18-14(10-15)11-28-30-18/h6-11,13,21,29,31H,12H2,1-5H3,(H,28,30)/t21-,23-/m1/s1. The summed E-state index contributed by atoms with van der Waals surface area (Å²) in [6.07, 6.45) is -3.74. The number of hydrogen-bond donors (Lipinski definition) is 3. The number of halogens is 3. The van der Waals surface area contributed by atoms with Crippen LogP contribution in [-0.2, 0) is 5.41 Å². The lowest BCUT2D eigenvalue weighted by atomic mass is 9.62. The highest BCUT2D eigenvalue weighted by molar-refractivity contribution is 5.82. The van der Waals surface area contributed by atoms with E-state index >= 15 is 0 Å². The molecule has 3 aromatic rings. The largest absolute Gasteiger partial charge is 0.496 e. The van der Waals surface area contributed by atoms with E-state index in [1.807, 2.05) is 13.8 Å². The second-order valence-electron chi connectivity index (χ2n) is 9.54. The van der Waals surface area contributed by atoms with Gasteiger partial charge < -0.3 is 15.2 Å². The van der Waals surface area contributed by atoms with Crippen molar-refractivity contribution in [3.63, 3.8) is 0 Å². The van der Waals surface area contributed by atoms with Gasteiger partial charge in [0.25, 0.3) is 0 Å². The maximum Gasteiger partial charge on any atom is 0.419 e. The Bertz CT molecular complexity index is 1150. The minimum Gasteiger partial charge on any atom is -0.496 e. The topological polar surface area (TPSA) is 70.2 Å². The normalized spacial score (nSPS) is 22.8. The van der Waals surface area contributed by atoms with Crippen LogP contribution in [0.3, 0.4) is 0 Å². The van der Waals surface area contributed by atoms with Gasteiger partial charge in [0, 0.05) is 16.6 Å². The SMILES string of the molecule is COc1c(C(C)C)ccc2c1C(C)(C)C[C@](O)(C(F)(F)F)[C@@H]2Nc1ccc2[nH]ncc2c1. The van der Waals surface area contributed by atoms with Crippen molar-refractivity contribution in [2.45, 2.75) is 63.3 Å². The first-order chi connectivity index (χ1) is 14.9. The molecule has 4 rings (SSSR count). The number of H-pyrrole nitrogens is 1. The molecule has 8 heteroatoms. The van der Waals surface area contributed by atoms with Gasteiger partial charge in [0.15, 0.2) is 5.60 Å². The van der Waals surface area contributed by atoms with Crippen LogP contribution in [0.2, 0.25) is 0 Å². The van der Waals surface area contributed by atoms with Crippen LogP contribution in [0.4, 0.5) is 18.9 Å². The number of rotatable bonds is 4. The molecule has 0 spiro atoms. The Morgan fingerprint density at radius 3 is 2.56 bits per heavy atom. The molecule has 0 aliphatic heterocycles. The van der Waals surface area contributed by atoms with Crippen molar-refractivity contribution in [2.24, 2.45) is 0 Å². The molecule has 1 heterocycles. The van der Waals surface area contributed by atoms with Crippen LogP contribution >= 0.6 is 0 Å². The molecule has 0 fully saturated rings. The molecule has 2 atom stereocenters. The average Bonchev–Trinajstić information content (AvgIpc) is 3.16. The van der Waals surface area contributed by atoms with Crippen molar-refractivity contribution in [3.8, 4) is 5.75 Å². The maximum absolute atomic E-state index is 14.4. The number of aliphatic hydroxyl groups is 1. The molecule has 1 aliphatic carbocycles. The summed E-state index contributed by atoms with van der Waals surface area (Å²) in [5.41, 5.74) is -0.701. The van der Waals surface area contributed by atoms with Gasteiger partial charge in [-0.2, -0.15) is 18.3 Å². The van der Waals surface area contributed by atoms with Crippen molar-refractivity contribution >= 4 is 16.6 Å². The van der Waals surface area contributed by atoms with Gasteiger partial charge in [-0.15, -0.1) is 0 Å². The molecular weight excluding hydrogens is 419 g/mol. The Balaban J connectivity index is 1.94. The fourth-order valence-electron chi connectivity index (χ4n) is 5.01. The zero-order valence-electron chi connectivity index (χ0n) is 18.8. The fourth-order valence-corrected chi connectivity index (χ4v) is 5.01. The molecule has 0 saturated carbocycles. The summed E-state index contributed by atoms with van der Waals surface area (Å²) >= 11 is 0. The van der Waals surface area contributed by atoms with E-state index in [0.29, 0.717) is 22.6 Å². The molecule has 0 unspecified atom stereocenters. The van der Waals surface area contributed by atoms with Gasteiger partial charge in [-0.3, -0.25) is 5.10 Å². The Morgan fingerprint density at radius 2 is 1.94 bits per heavy atom. The molecular formula is C24H28F3N3O2. The molecule has 172 valence electrons. The first-order valence-corrected chi connectivity index (χ1v) is 10.6. The number of ether oxygens (including phenoxy) is 1. The van der Waals surface area contributed by atoms with Gasteiger partial charge in [-0.05, 0) is 47.1 Å². The zero-order valence-corrected chi connectivity index (χ0v) is 18.8. The quantitative estimate of drug-likeness (QED) is 0.471. The number of benzene rings is 2. The van der Waals surface area contributed by atoms with E-state index in [1.54, 1.807) is 50.4 Å². The van der Waals surface area contributed by atoms with Crippen molar-refractivity contribution in [1.82, 2.24) is 10.2 Å². The highest BCUT2D eigenvalue weighted by Gasteiger charge is 2.64. The number of nitrogens with one attached hydrogen (secondary N) is 2. The van der Waals surface area contributed by atoms with E-state index in [1.165, 1.54) is 7.11 Å². The van der Waals surface area contributed by atoms with E-state index in [4.69, 9.17) is 4.74 Å². The van der Waals surface area contributed by atoms with Crippen molar-refractivity contribution in [3.05, 3.63) is 53.2 Å². The van der Waals surface area contributed by atoms with Crippen LogP contribution in [0.5, 0.6) is 5.75 Å². The van der Waals surface area contributed by atoms with E-state index in [2.05, 4.69) is 15.5 Å². The first kappa shape index (κ1) is 22.5. The van der Waals surface area contributed by atoms with Crippen LogP contribution in [0, 0.1) is 0 Å². The van der Waals surface area contributed by atoms with Crippen LogP contribution in [-0.4, -0.2) is 34.2 Å². The number of anilines is 1. The van der Waals surface area contributed by atoms with Gasteiger partial charge in [0.1, 0.15) is 5.75 Å². The first-order valence-electron chi connectivity index (χ1n) is 10.6. The minimum atomic E-state index is -4.84. The Kier molecular flexibility index (Phi) is 5.19. The highest BCUT2D eigenvalue weighted by Crippen LogP contribution is 2.57. The smallest absolute Gasteiger partial charge is 0.419 e. The van der Waals surface area contributed by atoms with Gasteiger partial charge in [-0.1, -0.05) is 39.8 Å². The molecule has 1 aromatic heterocycles. The summed E-state index contributed by atoms with van der Waals surface area (Å²) in [6.45, 7) is 7.48. The van der Waals surface area contributed by atoms with Gasteiger partial charge in [-0.25, -0.2) is 0 Å². The van der Waals surface area contributed by atoms with Gasteiger partial charge in [0.2, 0.25) is 0 Å². The van der Waals surface area contributed by atoms with E-state index in [9.17, 15) is 18.3 Å². The minimum absolute atomic E-state index is 0.129. The van der Waals surface area contributed by atoms with Crippen LogP contribution < -0.4 is 10.1 Å². The molecule has 2 aromatic carbocycles. The number of aromatic nitrogens is 2. The Morgan fingerprint density at radius 1 is 1.22 bits per heavy atom. The summed E-state index contributed by atoms with van der Waals surface area (Å²) in [4.78, 5) is 0. The lowest BCUT2D eigenvalue weighted by Crippen LogP contribution is -2.58. The van der Waals surface area contributed by atoms with Gasteiger partial charge in [0.05, 0.1) is 24.9 Å². The summed E-state index contributed by atoms with van der Waals surface area (Å²) < 4.78 is 48.9. The number of nitrogens with zero attached hydrogens (tertiary/aromatic N) is 1. The van der Waals surface area contributed by atoms with Crippen LogP contribution in [0.1, 0.15) is 62.8 Å². The van der Waals surface area contributed by atoms with Crippen LogP contribution in [0.25, 0.3) is 10.9 Å². The van der Waals surface area contributed by atoms with E-state index in [-0.39, 0.29) is 5.92 Å². The lowest BCUT2D eigenvalue weighted by Gasteiger charge is -2.49. The summed E-state index contributed by atoms with van der Waals surface area (Å²) in [7, 11) is 1.54. The molecule has 32 heavy (non-hydrogen) atoms. The summed E-state index contributed by atoms with van der Waals surface area (Å²) in [5, 5.41) is 21.7. The average molecular weight is 448 g/mol. The Hall–Kier alpha value is -2.74. The molecule has 0 bridgehead atoms. The third-order valence-corrected chi connectivity index (χ3v) is 6.47. The highest BCUT2D eigenvalue weighted by atomic mass is 19.4. The molecule has 3 N–H and O–H groups in total. The van der Waals surface area contributed by atoms with Crippen molar-refractivity contribution < 1.29 is 23.0 Å². The number of hydrogen-bond acceptors (Lipinski definition) is 4. The molecule has 0 radical (unpaired) electrons. The zero-order chi connectivity index (χ0) is 23.5. The second-order valence-corrected chi connectivity index (χ2v) is 9.54. The summed E-state index contributed by atoms with van der Waals surface area (Å²) in [5.74, 6) is 0.716.